The van der Waals surface area contributed by atoms with E-state index in [9.17, 15) is 24.0 Å². The molecular weight excluding hydrogens is 736 g/mol. The molecule has 13 heteroatoms. The molecule has 0 radical (unpaired) electrons. The maximum atomic E-state index is 13.6. The minimum Gasteiger partial charge on any atom is -0.494 e. The molecule has 0 N–H and O–H groups in total. The van der Waals surface area contributed by atoms with Crippen LogP contribution in [0.2, 0.25) is 0 Å². The lowest BCUT2D eigenvalue weighted by Crippen LogP contribution is -2.15. The quantitative estimate of drug-likeness (QED) is 0.0254. The van der Waals surface area contributed by atoms with Crippen molar-refractivity contribution < 1.29 is 62.2 Å². The Hall–Kier alpha value is -6.37. The van der Waals surface area contributed by atoms with E-state index >= 15 is 0 Å². The predicted octanol–water partition coefficient (Wildman–Crippen LogP) is 8.31. The van der Waals surface area contributed by atoms with Gasteiger partial charge in [0, 0.05) is 16.7 Å². The van der Waals surface area contributed by atoms with Gasteiger partial charge >= 0.3 is 29.8 Å². The molecule has 3 aromatic rings. The number of carbonyl (C=O) groups is 5. The van der Waals surface area contributed by atoms with Crippen molar-refractivity contribution in [3.8, 4) is 28.4 Å². The number of hydrogen-bond donors (Lipinski definition) is 0. The third kappa shape index (κ3) is 13.4. The zero-order chi connectivity index (χ0) is 41.2. The smallest absolute Gasteiger partial charge is 0.386 e. The van der Waals surface area contributed by atoms with Crippen molar-refractivity contribution in [2.24, 2.45) is 0 Å². The monoisotopic (exact) mass is 784 g/mol. The van der Waals surface area contributed by atoms with Gasteiger partial charge in [-0.1, -0.05) is 25.3 Å². The summed E-state index contributed by atoms with van der Waals surface area (Å²) in [6.07, 6.45) is 7.41. The summed E-state index contributed by atoms with van der Waals surface area (Å²) >= 11 is 0. The van der Waals surface area contributed by atoms with E-state index in [4.69, 9.17) is 38.2 Å². The number of hydrogen-bond acceptors (Lipinski definition) is 13. The Bertz CT molecular complexity index is 1940. The molecule has 2 bridgehead atoms. The van der Waals surface area contributed by atoms with Gasteiger partial charge in [-0.05, 0) is 119 Å². The van der Waals surface area contributed by atoms with Crippen LogP contribution in [0.1, 0.15) is 91.5 Å². The van der Waals surface area contributed by atoms with Gasteiger partial charge in [-0.2, -0.15) is 0 Å². The number of esters is 3. The summed E-state index contributed by atoms with van der Waals surface area (Å²) in [5, 5.41) is 0. The van der Waals surface area contributed by atoms with Crippen molar-refractivity contribution in [1.29, 1.82) is 0 Å². The highest BCUT2D eigenvalue weighted by atomic mass is 17.2. The van der Waals surface area contributed by atoms with E-state index in [1.807, 2.05) is 0 Å². The van der Waals surface area contributed by atoms with Gasteiger partial charge in [0.2, 0.25) is 0 Å². The van der Waals surface area contributed by atoms with Gasteiger partial charge in [0.05, 0.1) is 56.3 Å². The zero-order valence-corrected chi connectivity index (χ0v) is 32.6. The van der Waals surface area contributed by atoms with Gasteiger partial charge < -0.3 is 28.4 Å². The summed E-state index contributed by atoms with van der Waals surface area (Å²) in [6, 6.07) is 16.1. The van der Waals surface area contributed by atoms with Crippen LogP contribution >= 0.6 is 0 Å². The van der Waals surface area contributed by atoms with Crippen LogP contribution in [0.15, 0.2) is 91.0 Å². The molecule has 2 aliphatic heterocycles. The first kappa shape index (κ1) is 43.4. The molecule has 2 aliphatic rings. The summed E-state index contributed by atoms with van der Waals surface area (Å²) < 4.78 is 33.1. The van der Waals surface area contributed by atoms with Crippen molar-refractivity contribution in [2.45, 2.75) is 65.2 Å². The molecule has 0 saturated carbocycles. The molecule has 0 aliphatic carbocycles. The molecule has 0 amide bonds. The van der Waals surface area contributed by atoms with Crippen molar-refractivity contribution in [3.63, 3.8) is 0 Å². The molecule has 3 aromatic carbocycles. The lowest BCUT2D eigenvalue weighted by atomic mass is 9.91. The first-order chi connectivity index (χ1) is 27.5. The summed E-state index contributed by atoms with van der Waals surface area (Å²) in [7, 11) is 1.23. The predicted molar refractivity (Wildman–Crippen MR) is 209 cm³/mol. The van der Waals surface area contributed by atoms with Gasteiger partial charge in [-0.15, -0.1) is 0 Å². The molecule has 0 spiro atoms. The average Bonchev–Trinajstić information content (AvgIpc) is 3.20. The van der Waals surface area contributed by atoms with Crippen molar-refractivity contribution in [1.82, 2.24) is 0 Å². The molecule has 0 atom stereocenters. The van der Waals surface area contributed by atoms with Crippen molar-refractivity contribution >= 4 is 35.6 Å². The average molecular weight is 785 g/mol. The summed E-state index contributed by atoms with van der Waals surface area (Å²) in [5.74, 6) is -1.99. The minimum absolute atomic E-state index is 0.0140. The Balaban J connectivity index is 1.38. The minimum atomic E-state index is -0.977. The fourth-order valence-electron chi connectivity index (χ4n) is 5.47. The lowest BCUT2D eigenvalue weighted by molar-refractivity contribution is -0.187. The second-order valence-corrected chi connectivity index (χ2v) is 13.1. The zero-order valence-electron chi connectivity index (χ0n) is 32.6. The SMILES string of the molecule is C=C(C)C(=O)OCCCCCCOc1ccc(C(=O)OOC(=O)c2ccc(OCCCCCCOC(=O)C(=C)C)c3c2-c2ccc(cc2)O/C3=C/C(=O)OC)cc1. The number of unbranched alkanes of at least 4 members (excludes halogenated alkanes) is 6. The van der Waals surface area contributed by atoms with Gasteiger partial charge in [0.15, 0.2) is 0 Å². The fraction of sp³-hybridized carbons (Fsp3) is 0.341. The van der Waals surface area contributed by atoms with E-state index in [0.29, 0.717) is 84.4 Å². The van der Waals surface area contributed by atoms with Crippen molar-refractivity contribution in [3.05, 3.63) is 108 Å². The number of ether oxygens (including phenoxy) is 6. The van der Waals surface area contributed by atoms with E-state index in [1.54, 1.807) is 56.3 Å². The van der Waals surface area contributed by atoms with Crippen LogP contribution in [0.25, 0.3) is 16.9 Å². The van der Waals surface area contributed by atoms with Crippen LogP contribution in [0, 0.1) is 0 Å². The van der Waals surface area contributed by atoms with E-state index < -0.39 is 23.9 Å². The molecule has 5 rings (SSSR count). The molecule has 2 heterocycles. The fourth-order valence-corrected chi connectivity index (χ4v) is 5.47. The Labute approximate surface area is 332 Å². The molecule has 0 fully saturated rings. The normalized spacial score (nSPS) is 11.9. The van der Waals surface area contributed by atoms with Crippen molar-refractivity contribution in [2.75, 3.05) is 33.5 Å². The van der Waals surface area contributed by atoms with Gasteiger partial charge in [-0.3, -0.25) is 0 Å². The molecule has 13 nitrogen and oxygen atoms in total. The topological polar surface area (TPSA) is 159 Å². The molecule has 0 saturated heterocycles. The summed E-state index contributed by atoms with van der Waals surface area (Å²) in [5.41, 5.74) is 2.07. The number of benzene rings is 3. The Morgan fingerprint density at radius 2 is 1.16 bits per heavy atom. The van der Waals surface area contributed by atoms with E-state index in [2.05, 4.69) is 13.2 Å². The first-order valence-corrected chi connectivity index (χ1v) is 18.7. The van der Waals surface area contributed by atoms with Crippen LogP contribution in [0.5, 0.6) is 17.2 Å². The number of methoxy groups -OCH3 is 1. The Kier molecular flexibility index (Phi) is 16.9. The molecular formula is C44H48O13. The summed E-state index contributed by atoms with van der Waals surface area (Å²) in [6.45, 7) is 11.7. The molecule has 0 unspecified atom stereocenters. The third-order valence-electron chi connectivity index (χ3n) is 8.50. The van der Waals surface area contributed by atoms with E-state index in [-0.39, 0.29) is 22.9 Å². The van der Waals surface area contributed by atoms with Crippen LogP contribution in [-0.4, -0.2) is 63.4 Å². The summed E-state index contributed by atoms with van der Waals surface area (Å²) in [4.78, 5) is 72.0. The van der Waals surface area contributed by atoms with Gasteiger partial charge in [0.1, 0.15) is 23.0 Å². The lowest BCUT2D eigenvalue weighted by Gasteiger charge is -2.23. The largest absolute Gasteiger partial charge is 0.494 e. The molecule has 302 valence electrons. The first-order valence-electron chi connectivity index (χ1n) is 18.7. The van der Waals surface area contributed by atoms with Crippen LogP contribution < -0.4 is 14.2 Å². The number of fused-ring (bicyclic) bond motifs is 3. The maximum absolute atomic E-state index is 13.6. The Morgan fingerprint density at radius 1 is 0.614 bits per heavy atom. The second kappa shape index (κ2) is 22.2. The van der Waals surface area contributed by atoms with Gasteiger partial charge in [0.25, 0.3) is 0 Å². The highest BCUT2D eigenvalue weighted by molar-refractivity contribution is 6.04. The number of rotatable bonds is 21. The van der Waals surface area contributed by atoms with E-state index in [1.165, 1.54) is 25.3 Å². The second-order valence-electron chi connectivity index (χ2n) is 13.1. The van der Waals surface area contributed by atoms with E-state index in [0.717, 1.165) is 44.6 Å². The highest BCUT2D eigenvalue weighted by Crippen LogP contribution is 2.43. The number of carbonyl (C=O) groups excluding carboxylic acids is 5. The highest BCUT2D eigenvalue weighted by Gasteiger charge is 2.29. The standard InChI is InChI=1S/C44H48O13/c1-29(2)41(46)53-26-12-8-6-10-24-51-33-18-16-32(17-19-33)43(48)56-57-44(49)35-22-23-36(52-25-11-7-9-13-27-54-42(47)30(3)4)40-37(28-38(45)50-5)55-34-20-14-31(15-21-34)39(35)40/h14-23,28H,1,3,6-13,24-27H2,2,4-5H3/b37-28+. The van der Waals surface area contributed by atoms with Crippen LogP contribution in [0.3, 0.4) is 0 Å². The third-order valence-corrected chi connectivity index (χ3v) is 8.50. The Morgan fingerprint density at radius 3 is 1.72 bits per heavy atom. The maximum Gasteiger partial charge on any atom is 0.386 e. The van der Waals surface area contributed by atoms with Gasteiger partial charge in [-0.25, -0.2) is 33.7 Å². The van der Waals surface area contributed by atoms with Crippen LogP contribution in [-0.2, 0) is 38.4 Å². The molecule has 0 aromatic heterocycles. The van der Waals surface area contributed by atoms with Crippen LogP contribution in [0.4, 0.5) is 0 Å². The molecule has 57 heavy (non-hydrogen) atoms.